The van der Waals surface area contributed by atoms with Crippen molar-refractivity contribution < 1.29 is 0 Å². The second-order valence-electron chi connectivity index (χ2n) is 6.76. The molecule has 0 spiro atoms. The lowest BCUT2D eigenvalue weighted by molar-refractivity contribution is 0.252. The van der Waals surface area contributed by atoms with Gasteiger partial charge in [0.1, 0.15) is 0 Å². The van der Waals surface area contributed by atoms with Crippen LogP contribution in [-0.2, 0) is 13.1 Å². The van der Waals surface area contributed by atoms with Crippen LogP contribution in [0.2, 0.25) is 0 Å². The van der Waals surface area contributed by atoms with Gasteiger partial charge in [0.2, 0.25) is 0 Å². The molecule has 2 fully saturated rings. The van der Waals surface area contributed by atoms with Gasteiger partial charge in [-0.05, 0) is 56.9 Å². The van der Waals surface area contributed by atoms with Crippen LogP contribution in [0.1, 0.15) is 36.8 Å². The van der Waals surface area contributed by atoms with Crippen LogP contribution in [0.4, 0.5) is 0 Å². The predicted octanol–water partition coefficient (Wildman–Crippen LogP) is 2.47. The van der Waals surface area contributed by atoms with Crippen LogP contribution in [-0.4, -0.2) is 49.1 Å². The number of likely N-dealkylation sites (N-methyl/N-ethyl adjacent to an activating group) is 1. The fourth-order valence-corrected chi connectivity index (χ4v) is 3.02. The highest BCUT2D eigenvalue weighted by molar-refractivity contribution is 5.22. The predicted molar refractivity (Wildman–Crippen MR) is 88.3 cm³/mol. The topological polar surface area (TPSA) is 18.5 Å². The summed E-state index contributed by atoms with van der Waals surface area (Å²) in [6.45, 7) is 7.08. The Kier molecular flexibility index (Phi) is 5.28. The van der Waals surface area contributed by atoms with Crippen molar-refractivity contribution >= 4 is 0 Å². The van der Waals surface area contributed by atoms with Crippen molar-refractivity contribution in [3.63, 3.8) is 0 Å². The van der Waals surface area contributed by atoms with Gasteiger partial charge in [0, 0.05) is 32.2 Å². The molecule has 1 aromatic rings. The normalized spacial score (nSPS) is 19.5. The molecular formula is C18H29N3. The van der Waals surface area contributed by atoms with Gasteiger partial charge in [-0.15, -0.1) is 0 Å². The molecule has 1 saturated heterocycles. The second kappa shape index (κ2) is 7.39. The Labute approximate surface area is 129 Å². The summed E-state index contributed by atoms with van der Waals surface area (Å²) in [6.07, 6.45) is 5.50. The fraction of sp³-hybridized carbons (Fsp3) is 0.667. The maximum Gasteiger partial charge on any atom is 0.0231 e. The molecule has 1 aliphatic heterocycles. The van der Waals surface area contributed by atoms with E-state index >= 15 is 0 Å². The molecule has 1 heterocycles. The van der Waals surface area contributed by atoms with Crippen molar-refractivity contribution in [3.05, 3.63) is 35.4 Å². The van der Waals surface area contributed by atoms with Gasteiger partial charge in [0.15, 0.2) is 0 Å². The van der Waals surface area contributed by atoms with Crippen molar-refractivity contribution in [2.45, 2.75) is 44.8 Å². The van der Waals surface area contributed by atoms with Crippen LogP contribution in [0, 0.1) is 0 Å². The van der Waals surface area contributed by atoms with Crippen LogP contribution in [0.5, 0.6) is 0 Å². The minimum absolute atomic E-state index is 0.793. The van der Waals surface area contributed by atoms with Crippen LogP contribution in [0.3, 0.4) is 0 Å². The summed E-state index contributed by atoms with van der Waals surface area (Å²) in [5, 5.41) is 3.57. The Balaban J connectivity index is 1.38. The van der Waals surface area contributed by atoms with Crippen molar-refractivity contribution in [1.82, 2.24) is 15.1 Å². The van der Waals surface area contributed by atoms with Gasteiger partial charge in [-0.3, -0.25) is 0 Å². The number of hydrogen-bond donors (Lipinski definition) is 1. The summed E-state index contributed by atoms with van der Waals surface area (Å²) in [6, 6.07) is 9.92. The van der Waals surface area contributed by atoms with E-state index in [1.807, 2.05) is 0 Å². The van der Waals surface area contributed by atoms with Crippen LogP contribution in [0.15, 0.2) is 24.3 Å². The molecule has 0 unspecified atom stereocenters. The molecule has 0 aromatic heterocycles. The van der Waals surface area contributed by atoms with E-state index in [1.165, 1.54) is 63.0 Å². The first-order valence-corrected chi connectivity index (χ1v) is 8.52. The maximum absolute atomic E-state index is 3.57. The molecular weight excluding hydrogens is 258 g/mol. The zero-order valence-corrected chi connectivity index (χ0v) is 13.4. The maximum atomic E-state index is 3.57. The largest absolute Gasteiger partial charge is 0.310 e. The molecule has 21 heavy (non-hydrogen) atoms. The van der Waals surface area contributed by atoms with E-state index in [2.05, 4.69) is 46.4 Å². The molecule has 1 saturated carbocycles. The molecule has 1 N–H and O–H groups in total. The van der Waals surface area contributed by atoms with E-state index in [0.717, 1.165) is 19.1 Å². The van der Waals surface area contributed by atoms with Crippen LogP contribution < -0.4 is 5.32 Å². The zero-order valence-electron chi connectivity index (χ0n) is 13.4. The van der Waals surface area contributed by atoms with E-state index in [0.29, 0.717) is 0 Å². The molecule has 3 rings (SSSR count). The molecule has 0 bridgehead atoms. The molecule has 3 heteroatoms. The van der Waals surface area contributed by atoms with E-state index in [-0.39, 0.29) is 0 Å². The Morgan fingerprint density at radius 3 is 2.43 bits per heavy atom. The summed E-state index contributed by atoms with van der Waals surface area (Å²) in [5.74, 6) is 0. The first-order chi connectivity index (χ1) is 10.3. The summed E-state index contributed by atoms with van der Waals surface area (Å²) in [4.78, 5) is 5.03. The summed E-state index contributed by atoms with van der Waals surface area (Å²) in [7, 11) is 2.23. The minimum Gasteiger partial charge on any atom is -0.310 e. The second-order valence-corrected chi connectivity index (χ2v) is 6.76. The number of benzene rings is 1. The number of hydrogen-bond acceptors (Lipinski definition) is 3. The van der Waals surface area contributed by atoms with Gasteiger partial charge in [-0.25, -0.2) is 0 Å². The van der Waals surface area contributed by atoms with Crippen LogP contribution >= 0.6 is 0 Å². The van der Waals surface area contributed by atoms with Crippen molar-refractivity contribution in [2.75, 3.05) is 33.2 Å². The lowest BCUT2D eigenvalue weighted by atomic mass is 10.1. The van der Waals surface area contributed by atoms with E-state index in [9.17, 15) is 0 Å². The molecule has 3 nitrogen and oxygen atoms in total. The standard InChI is InChI=1S/C18H29N3/c1-20(12-13-21-10-2-3-11-21)15-17-6-4-16(5-7-17)14-19-18-8-9-18/h4-7,18-19H,2-3,8-15H2,1H3. The Morgan fingerprint density at radius 2 is 1.76 bits per heavy atom. The Bertz CT molecular complexity index is 419. The third-order valence-electron chi connectivity index (χ3n) is 4.64. The molecule has 116 valence electrons. The SMILES string of the molecule is CN(CCN1CCCC1)Cc1ccc(CNC2CC2)cc1. The summed E-state index contributed by atoms with van der Waals surface area (Å²) >= 11 is 0. The molecule has 0 atom stereocenters. The van der Waals surface area contributed by atoms with Gasteiger partial charge in [-0.1, -0.05) is 24.3 Å². The molecule has 1 aliphatic carbocycles. The minimum atomic E-state index is 0.793. The van der Waals surface area contributed by atoms with E-state index in [1.54, 1.807) is 0 Å². The highest BCUT2D eigenvalue weighted by Crippen LogP contribution is 2.19. The summed E-state index contributed by atoms with van der Waals surface area (Å²) < 4.78 is 0. The Morgan fingerprint density at radius 1 is 1.10 bits per heavy atom. The highest BCUT2D eigenvalue weighted by Gasteiger charge is 2.19. The Hall–Kier alpha value is -0.900. The van der Waals surface area contributed by atoms with Crippen molar-refractivity contribution in [1.29, 1.82) is 0 Å². The van der Waals surface area contributed by atoms with E-state index in [4.69, 9.17) is 0 Å². The van der Waals surface area contributed by atoms with Gasteiger partial charge >= 0.3 is 0 Å². The quantitative estimate of drug-likeness (QED) is 0.792. The smallest absolute Gasteiger partial charge is 0.0231 e. The average molecular weight is 287 g/mol. The van der Waals surface area contributed by atoms with Gasteiger partial charge in [0.25, 0.3) is 0 Å². The van der Waals surface area contributed by atoms with Crippen LogP contribution in [0.25, 0.3) is 0 Å². The third-order valence-corrected chi connectivity index (χ3v) is 4.64. The molecule has 0 amide bonds. The zero-order chi connectivity index (χ0) is 14.5. The number of rotatable bonds is 8. The van der Waals surface area contributed by atoms with Crippen molar-refractivity contribution in [2.24, 2.45) is 0 Å². The van der Waals surface area contributed by atoms with Gasteiger partial charge < -0.3 is 15.1 Å². The van der Waals surface area contributed by atoms with Gasteiger partial charge in [-0.2, -0.15) is 0 Å². The van der Waals surface area contributed by atoms with Crippen molar-refractivity contribution in [3.8, 4) is 0 Å². The monoisotopic (exact) mass is 287 g/mol. The molecule has 2 aliphatic rings. The summed E-state index contributed by atoms with van der Waals surface area (Å²) in [5.41, 5.74) is 2.83. The lowest BCUT2D eigenvalue weighted by Crippen LogP contribution is -2.31. The lowest BCUT2D eigenvalue weighted by Gasteiger charge is -2.21. The average Bonchev–Trinajstić information content (AvgIpc) is 3.18. The number of likely N-dealkylation sites (tertiary alicyclic amines) is 1. The first-order valence-electron chi connectivity index (χ1n) is 8.52. The third kappa shape index (κ3) is 5.10. The number of nitrogens with zero attached hydrogens (tertiary/aromatic N) is 2. The molecule has 0 radical (unpaired) electrons. The molecule has 1 aromatic carbocycles. The number of nitrogens with one attached hydrogen (secondary N) is 1. The first kappa shape index (κ1) is 15.0. The van der Waals surface area contributed by atoms with Gasteiger partial charge in [0.05, 0.1) is 0 Å². The van der Waals surface area contributed by atoms with E-state index < -0.39 is 0 Å². The highest BCUT2D eigenvalue weighted by atomic mass is 15.2. The fourth-order valence-electron chi connectivity index (χ4n) is 3.02.